The molecule has 0 aliphatic carbocycles. The van der Waals surface area contributed by atoms with Crippen LogP contribution in [0, 0.1) is 13.8 Å². The number of hydrogen-bond acceptors (Lipinski definition) is 4. The Morgan fingerprint density at radius 2 is 1.74 bits per heavy atom. The molecule has 152 valence electrons. The predicted molar refractivity (Wildman–Crippen MR) is 128 cm³/mol. The Kier molecular flexibility index (Phi) is 4.96. The Hall–Kier alpha value is -3.57. The highest BCUT2D eigenvalue weighted by Gasteiger charge is 2.24. The number of allylic oxidation sites excluding steroid dienone is 1. The predicted octanol–water partition coefficient (Wildman–Crippen LogP) is 6.70. The van der Waals surface area contributed by atoms with Crippen molar-refractivity contribution >= 4 is 34.1 Å². The Morgan fingerprint density at radius 3 is 2.55 bits per heavy atom. The third kappa shape index (κ3) is 3.80. The molecule has 0 fully saturated rings. The quantitative estimate of drug-likeness (QED) is 0.293. The van der Waals surface area contributed by atoms with Crippen molar-refractivity contribution in [1.29, 1.82) is 0 Å². The minimum absolute atomic E-state index is 0.0154. The Bertz CT molecular complexity index is 1320. The van der Waals surface area contributed by atoms with Crippen molar-refractivity contribution in [2.45, 2.75) is 18.7 Å². The van der Waals surface area contributed by atoms with E-state index >= 15 is 0 Å². The van der Waals surface area contributed by atoms with E-state index in [0.717, 1.165) is 43.8 Å². The molecule has 5 heteroatoms. The molecular formula is C26H21N3OS. The van der Waals surface area contributed by atoms with Gasteiger partial charge in [0.15, 0.2) is 11.6 Å². The number of nitrogens with one attached hydrogen (secondary N) is 1. The van der Waals surface area contributed by atoms with Crippen LogP contribution in [0.1, 0.15) is 21.5 Å². The lowest BCUT2D eigenvalue weighted by Gasteiger charge is -2.19. The largest absolute Gasteiger partial charge is 0.339 e. The molecule has 0 unspecified atom stereocenters. The first-order chi connectivity index (χ1) is 15.1. The molecule has 1 N–H and O–H groups in total. The van der Waals surface area contributed by atoms with Crippen molar-refractivity contribution in [3.05, 3.63) is 102 Å². The van der Waals surface area contributed by atoms with Crippen LogP contribution in [-0.2, 0) is 0 Å². The van der Waals surface area contributed by atoms with Gasteiger partial charge in [0.1, 0.15) is 5.03 Å². The van der Waals surface area contributed by atoms with Gasteiger partial charge in [0.25, 0.3) is 0 Å². The standard InChI is InChI=1S/C26H21N3OS/c1-17-12-13-20(18(2)14-17)23(30)16-26-29-22(21-10-6-7-11-24(21)31-26)15-25(28-29)27-19-8-4-3-5-9-19/h3-16H,1-2H3,(H,27,28)/b26-16+. The van der Waals surface area contributed by atoms with Gasteiger partial charge >= 0.3 is 0 Å². The zero-order valence-corrected chi connectivity index (χ0v) is 18.1. The number of fused-ring (bicyclic) bond motifs is 3. The molecule has 1 aliphatic heterocycles. The normalized spacial score (nSPS) is 13.5. The summed E-state index contributed by atoms with van der Waals surface area (Å²) in [6, 6.07) is 26.1. The topological polar surface area (TPSA) is 46.9 Å². The summed E-state index contributed by atoms with van der Waals surface area (Å²) >= 11 is 1.56. The van der Waals surface area contributed by atoms with Crippen LogP contribution in [-0.4, -0.2) is 15.6 Å². The number of nitrogens with zero attached hydrogens (tertiary/aromatic N) is 2. The van der Waals surface area contributed by atoms with Crippen molar-refractivity contribution < 1.29 is 4.79 Å². The maximum Gasteiger partial charge on any atom is 0.188 e. The van der Waals surface area contributed by atoms with E-state index in [1.807, 2.05) is 85.3 Å². The fraction of sp³-hybridized carbons (Fsp3) is 0.0769. The maximum atomic E-state index is 13.1. The molecule has 31 heavy (non-hydrogen) atoms. The molecule has 0 saturated carbocycles. The van der Waals surface area contributed by atoms with Crippen LogP contribution in [0.3, 0.4) is 0 Å². The second-order valence-electron chi connectivity index (χ2n) is 7.58. The molecule has 5 rings (SSSR count). The van der Waals surface area contributed by atoms with Crippen LogP contribution in [0.5, 0.6) is 0 Å². The highest BCUT2D eigenvalue weighted by Crippen LogP contribution is 2.45. The van der Waals surface area contributed by atoms with Crippen molar-refractivity contribution in [2.24, 2.45) is 0 Å². The first kappa shape index (κ1) is 19.4. The van der Waals surface area contributed by atoms with Crippen LogP contribution in [0.4, 0.5) is 11.5 Å². The number of para-hydroxylation sites is 1. The van der Waals surface area contributed by atoms with Gasteiger partial charge in [-0.3, -0.25) is 4.79 Å². The lowest BCUT2D eigenvalue weighted by atomic mass is 10.0. The van der Waals surface area contributed by atoms with E-state index in [2.05, 4.69) is 17.4 Å². The number of carbonyl (C=O) groups is 1. The lowest BCUT2D eigenvalue weighted by Crippen LogP contribution is -2.08. The first-order valence-electron chi connectivity index (χ1n) is 10.1. The number of ketones is 1. The van der Waals surface area contributed by atoms with Crippen molar-refractivity contribution in [1.82, 2.24) is 9.78 Å². The number of thioether (sulfide) groups is 1. The summed E-state index contributed by atoms with van der Waals surface area (Å²) in [4.78, 5) is 14.2. The SMILES string of the molecule is Cc1ccc(C(=O)/C=C2/Sc3ccccc3-c3cc(Nc4ccccc4)nn32)c(C)c1. The van der Waals surface area contributed by atoms with Crippen LogP contribution in [0.2, 0.25) is 0 Å². The molecular weight excluding hydrogens is 402 g/mol. The second kappa shape index (κ2) is 7.93. The molecule has 0 spiro atoms. The van der Waals surface area contributed by atoms with Crippen LogP contribution < -0.4 is 5.32 Å². The van der Waals surface area contributed by atoms with Crippen LogP contribution >= 0.6 is 11.8 Å². The highest BCUT2D eigenvalue weighted by atomic mass is 32.2. The molecule has 0 bridgehead atoms. The molecule has 3 aromatic carbocycles. The molecule has 4 aromatic rings. The van der Waals surface area contributed by atoms with Gasteiger partial charge in [0.2, 0.25) is 0 Å². The van der Waals surface area contributed by atoms with Crippen LogP contribution in [0.15, 0.2) is 89.8 Å². The minimum Gasteiger partial charge on any atom is -0.339 e. The molecule has 0 radical (unpaired) electrons. The number of benzene rings is 3. The van der Waals surface area contributed by atoms with Gasteiger partial charge in [-0.2, -0.15) is 0 Å². The van der Waals surface area contributed by atoms with Gasteiger partial charge in [-0.05, 0) is 37.6 Å². The fourth-order valence-corrected chi connectivity index (χ4v) is 4.81. The van der Waals surface area contributed by atoms with Gasteiger partial charge < -0.3 is 5.32 Å². The fourth-order valence-electron chi connectivity index (χ4n) is 3.77. The Morgan fingerprint density at radius 1 is 0.968 bits per heavy atom. The summed E-state index contributed by atoms with van der Waals surface area (Å²) in [6.45, 7) is 4.01. The molecule has 2 heterocycles. The lowest BCUT2D eigenvalue weighted by molar-refractivity contribution is 0.104. The Labute approximate surface area is 185 Å². The van der Waals surface area contributed by atoms with Crippen molar-refractivity contribution in [2.75, 3.05) is 5.32 Å². The van der Waals surface area contributed by atoms with Crippen LogP contribution in [0.25, 0.3) is 16.3 Å². The smallest absolute Gasteiger partial charge is 0.188 e. The van der Waals surface area contributed by atoms with E-state index in [0.29, 0.717) is 5.56 Å². The summed E-state index contributed by atoms with van der Waals surface area (Å²) in [5, 5.41) is 8.92. The van der Waals surface area contributed by atoms with Gasteiger partial charge in [0, 0.05) is 33.9 Å². The number of carbonyl (C=O) groups excluding carboxylic acids is 1. The van der Waals surface area contributed by atoms with E-state index in [9.17, 15) is 4.79 Å². The number of aryl methyl sites for hydroxylation is 2. The van der Waals surface area contributed by atoms with Gasteiger partial charge in [-0.25, -0.2) is 4.68 Å². The zero-order chi connectivity index (χ0) is 21.4. The summed E-state index contributed by atoms with van der Waals surface area (Å²) in [5.74, 6) is 0.724. The molecule has 1 aromatic heterocycles. The van der Waals surface area contributed by atoms with Crippen molar-refractivity contribution in [3.8, 4) is 11.3 Å². The average Bonchev–Trinajstić information content (AvgIpc) is 3.18. The number of aromatic nitrogens is 2. The molecule has 0 atom stereocenters. The summed E-state index contributed by atoms with van der Waals surface area (Å²) in [6.07, 6.45) is 1.70. The highest BCUT2D eigenvalue weighted by molar-refractivity contribution is 8.08. The van der Waals surface area contributed by atoms with Gasteiger partial charge in [-0.1, -0.05) is 71.9 Å². The molecule has 4 nitrogen and oxygen atoms in total. The minimum atomic E-state index is -0.0154. The summed E-state index contributed by atoms with van der Waals surface area (Å²) in [5.41, 5.74) is 5.89. The number of rotatable bonds is 4. The van der Waals surface area contributed by atoms with E-state index in [-0.39, 0.29) is 5.78 Å². The second-order valence-corrected chi connectivity index (χ2v) is 8.64. The summed E-state index contributed by atoms with van der Waals surface area (Å²) in [7, 11) is 0. The Balaban J connectivity index is 1.57. The number of anilines is 2. The third-order valence-electron chi connectivity index (χ3n) is 5.24. The number of hydrogen-bond donors (Lipinski definition) is 1. The van der Waals surface area contributed by atoms with E-state index in [4.69, 9.17) is 5.10 Å². The van der Waals surface area contributed by atoms with E-state index in [1.54, 1.807) is 17.8 Å². The molecule has 0 amide bonds. The van der Waals surface area contributed by atoms with E-state index in [1.165, 1.54) is 0 Å². The monoisotopic (exact) mass is 423 g/mol. The summed E-state index contributed by atoms with van der Waals surface area (Å²) < 4.78 is 1.86. The zero-order valence-electron chi connectivity index (χ0n) is 17.3. The molecule has 0 saturated heterocycles. The third-order valence-corrected chi connectivity index (χ3v) is 6.32. The average molecular weight is 424 g/mol. The molecule has 1 aliphatic rings. The maximum absolute atomic E-state index is 13.1. The first-order valence-corrected chi connectivity index (χ1v) is 10.9. The van der Waals surface area contributed by atoms with Gasteiger partial charge in [0.05, 0.1) is 5.69 Å². The van der Waals surface area contributed by atoms with E-state index < -0.39 is 0 Å². The van der Waals surface area contributed by atoms with Crippen molar-refractivity contribution in [3.63, 3.8) is 0 Å². The van der Waals surface area contributed by atoms with Gasteiger partial charge in [-0.15, -0.1) is 5.10 Å².